The molecule has 1 atom stereocenters. The van der Waals surface area contributed by atoms with Gasteiger partial charge >= 0.3 is 0 Å². The lowest BCUT2D eigenvalue weighted by atomic mass is 10.0. The normalized spacial score (nSPS) is 15.8. The molecule has 0 bridgehead atoms. The van der Waals surface area contributed by atoms with Crippen molar-refractivity contribution in [2.24, 2.45) is 0 Å². The molecule has 4 rings (SSSR count). The van der Waals surface area contributed by atoms with E-state index in [2.05, 4.69) is 10.3 Å². The van der Waals surface area contributed by atoms with Gasteiger partial charge in [-0.05, 0) is 60.5 Å². The van der Waals surface area contributed by atoms with Crippen molar-refractivity contribution in [2.45, 2.75) is 19.7 Å². The molecule has 0 saturated heterocycles. The molecule has 2 heterocycles. The number of aryl methyl sites for hydroxylation is 1. The maximum atomic E-state index is 13.5. The third kappa shape index (κ3) is 3.56. The number of pyridine rings is 1. The van der Waals surface area contributed by atoms with Gasteiger partial charge in [-0.15, -0.1) is 0 Å². The predicted molar refractivity (Wildman–Crippen MR) is 105 cm³/mol. The van der Waals surface area contributed by atoms with E-state index in [1.807, 2.05) is 17.9 Å². The van der Waals surface area contributed by atoms with Gasteiger partial charge in [-0.1, -0.05) is 12.1 Å². The first-order chi connectivity index (χ1) is 14.0. The minimum Gasteiger partial charge on any atom is -0.380 e. The van der Waals surface area contributed by atoms with Gasteiger partial charge in [-0.3, -0.25) is 4.79 Å². The average Bonchev–Trinajstić information content (AvgIpc) is 2.69. The van der Waals surface area contributed by atoms with Crippen LogP contribution in [0.2, 0.25) is 0 Å². The lowest BCUT2D eigenvalue weighted by Crippen LogP contribution is -2.45. The summed E-state index contributed by atoms with van der Waals surface area (Å²) in [6.45, 7) is 2.08. The third-order valence-electron chi connectivity index (χ3n) is 4.78. The van der Waals surface area contributed by atoms with Crippen molar-refractivity contribution in [3.05, 3.63) is 88.6 Å². The molecule has 0 unspecified atom stereocenters. The minimum absolute atomic E-state index is 0.248. The smallest absolute Gasteiger partial charge is 0.257 e. The molecule has 0 aliphatic carbocycles. The molecule has 1 aliphatic heterocycles. The molecular formula is C22H19F2N3O2. The molecule has 0 fully saturated rings. The Bertz CT molecular complexity index is 1050. The van der Waals surface area contributed by atoms with Crippen LogP contribution >= 0.6 is 0 Å². The first-order valence-corrected chi connectivity index (χ1v) is 9.08. The highest BCUT2D eigenvalue weighted by Gasteiger charge is 2.36. The standard InChI is InChI=1S/C22H19F2N3O2/c1-13-11-15(12-29-2)19-21(25-13)27(18-9-7-17(24)8-10-18)20(26-22(19)28)14-3-5-16(23)6-4-14/h3-11,20H,12H2,1-2H3,(H,26,28)/t20-/m1/s1. The number of nitrogens with zero attached hydrogens (tertiary/aromatic N) is 2. The van der Waals surface area contributed by atoms with E-state index in [0.29, 0.717) is 28.2 Å². The van der Waals surface area contributed by atoms with E-state index in [-0.39, 0.29) is 24.1 Å². The van der Waals surface area contributed by atoms with Crippen molar-refractivity contribution < 1.29 is 18.3 Å². The molecule has 2 aromatic carbocycles. The molecule has 1 aliphatic rings. The second kappa shape index (κ2) is 7.60. The number of ether oxygens (including phenoxy) is 1. The van der Waals surface area contributed by atoms with Crippen LogP contribution in [-0.2, 0) is 11.3 Å². The Morgan fingerprint density at radius 2 is 1.69 bits per heavy atom. The zero-order chi connectivity index (χ0) is 20.5. The van der Waals surface area contributed by atoms with Crippen molar-refractivity contribution in [3.8, 4) is 0 Å². The highest BCUT2D eigenvalue weighted by Crippen LogP contribution is 2.39. The molecule has 1 N–H and O–H groups in total. The third-order valence-corrected chi connectivity index (χ3v) is 4.78. The Morgan fingerprint density at radius 1 is 1.07 bits per heavy atom. The van der Waals surface area contributed by atoms with Gasteiger partial charge in [0, 0.05) is 18.5 Å². The summed E-state index contributed by atoms with van der Waals surface area (Å²) in [6, 6.07) is 13.6. The highest BCUT2D eigenvalue weighted by molar-refractivity contribution is 6.03. The molecule has 7 heteroatoms. The van der Waals surface area contributed by atoms with Crippen LogP contribution in [0.4, 0.5) is 20.3 Å². The topological polar surface area (TPSA) is 54.5 Å². The van der Waals surface area contributed by atoms with E-state index in [1.54, 1.807) is 31.4 Å². The number of nitrogens with one attached hydrogen (secondary N) is 1. The van der Waals surface area contributed by atoms with E-state index < -0.39 is 6.17 Å². The number of benzene rings is 2. The van der Waals surface area contributed by atoms with Crippen LogP contribution in [-0.4, -0.2) is 18.0 Å². The monoisotopic (exact) mass is 395 g/mol. The van der Waals surface area contributed by atoms with Crippen LogP contribution in [0.3, 0.4) is 0 Å². The van der Waals surface area contributed by atoms with E-state index in [4.69, 9.17) is 4.74 Å². The van der Waals surface area contributed by atoms with Gasteiger partial charge in [-0.25, -0.2) is 13.8 Å². The minimum atomic E-state index is -0.634. The fourth-order valence-corrected chi connectivity index (χ4v) is 3.55. The molecule has 148 valence electrons. The summed E-state index contributed by atoms with van der Waals surface area (Å²) in [5, 5.41) is 2.97. The van der Waals surface area contributed by atoms with Crippen molar-refractivity contribution in [1.82, 2.24) is 10.3 Å². The molecule has 3 aromatic rings. The Morgan fingerprint density at radius 3 is 2.31 bits per heavy atom. The zero-order valence-electron chi connectivity index (χ0n) is 15.9. The van der Waals surface area contributed by atoms with Crippen LogP contribution in [0.1, 0.15) is 33.3 Å². The molecular weight excluding hydrogens is 376 g/mol. The number of hydrogen-bond donors (Lipinski definition) is 1. The molecule has 5 nitrogen and oxygen atoms in total. The predicted octanol–water partition coefficient (Wildman–Crippen LogP) is 4.39. The van der Waals surface area contributed by atoms with Gasteiger partial charge in [-0.2, -0.15) is 0 Å². The number of fused-ring (bicyclic) bond motifs is 1. The van der Waals surface area contributed by atoms with Crippen LogP contribution in [0.5, 0.6) is 0 Å². The van der Waals surface area contributed by atoms with Crippen LogP contribution in [0.15, 0.2) is 54.6 Å². The molecule has 0 spiro atoms. The number of hydrogen-bond acceptors (Lipinski definition) is 4. The first-order valence-electron chi connectivity index (χ1n) is 9.08. The number of aromatic nitrogens is 1. The van der Waals surface area contributed by atoms with Crippen LogP contribution < -0.4 is 10.2 Å². The zero-order valence-corrected chi connectivity index (χ0v) is 15.9. The van der Waals surface area contributed by atoms with Gasteiger partial charge in [0.25, 0.3) is 5.91 Å². The molecule has 1 aromatic heterocycles. The number of carbonyl (C=O) groups is 1. The maximum absolute atomic E-state index is 13.5. The molecule has 1 amide bonds. The molecule has 0 radical (unpaired) electrons. The summed E-state index contributed by atoms with van der Waals surface area (Å²) in [6.07, 6.45) is -0.634. The van der Waals surface area contributed by atoms with Crippen molar-refractivity contribution in [3.63, 3.8) is 0 Å². The van der Waals surface area contributed by atoms with Crippen molar-refractivity contribution in [1.29, 1.82) is 0 Å². The number of halogens is 2. The number of methoxy groups -OCH3 is 1. The first kappa shape index (κ1) is 19.0. The fraction of sp³-hybridized carbons (Fsp3) is 0.182. The van der Waals surface area contributed by atoms with Crippen molar-refractivity contribution in [2.75, 3.05) is 12.0 Å². The highest BCUT2D eigenvalue weighted by atomic mass is 19.1. The summed E-state index contributed by atoms with van der Waals surface area (Å²) >= 11 is 0. The molecule has 29 heavy (non-hydrogen) atoms. The number of amides is 1. The number of anilines is 2. The quantitative estimate of drug-likeness (QED) is 0.712. The number of rotatable bonds is 4. The van der Waals surface area contributed by atoms with Gasteiger partial charge in [0.05, 0.1) is 12.2 Å². The largest absolute Gasteiger partial charge is 0.380 e. The Balaban J connectivity index is 1.94. The Labute approximate surface area is 166 Å². The van der Waals surface area contributed by atoms with Gasteiger partial charge < -0.3 is 15.0 Å². The summed E-state index contributed by atoms with van der Waals surface area (Å²) < 4.78 is 32.3. The lowest BCUT2D eigenvalue weighted by molar-refractivity contribution is 0.0923. The van der Waals surface area contributed by atoms with E-state index in [1.165, 1.54) is 24.3 Å². The fourth-order valence-electron chi connectivity index (χ4n) is 3.55. The van der Waals surface area contributed by atoms with Gasteiger partial charge in [0.15, 0.2) is 0 Å². The van der Waals surface area contributed by atoms with Crippen molar-refractivity contribution >= 4 is 17.4 Å². The summed E-state index contributed by atoms with van der Waals surface area (Å²) in [5.74, 6) is -0.597. The van der Waals surface area contributed by atoms with Gasteiger partial charge in [0.2, 0.25) is 0 Å². The van der Waals surface area contributed by atoms with Crippen LogP contribution in [0.25, 0.3) is 0 Å². The Kier molecular flexibility index (Phi) is 4.98. The van der Waals surface area contributed by atoms with E-state index in [0.717, 1.165) is 5.69 Å². The molecule has 0 saturated carbocycles. The second-order valence-corrected chi connectivity index (χ2v) is 6.83. The summed E-state index contributed by atoms with van der Waals surface area (Å²) in [4.78, 5) is 19.4. The lowest BCUT2D eigenvalue weighted by Gasteiger charge is -2.39. The number of carbonyl (C=O) groups excluding carboxylic acids is 1. The van der Waals surface area contributed by atoms with Crippen LogP contribution in [0, 0.1) is 18.6 Å². The summed E-state index contributed by atoms with van der Waals surface area (Å²) in [5.41, 5.74) is 3.14. The Hall–Kier alpha value is -3.32. The SMILES string of the molecule is COCc1cc(C)nc2c1C(=O)N[C@@H](c1ccc(F)cc1)N2c1ccc(F)cc1. The van der Waals surface area contributed by atoms with E-state index in [9.17, 15) is 13.6 Å². The average molecular weight is 395 g/mol. The van der Waals surface area contributed by atoms with Gasteiger partial charge in [0.1, 0.15) is 23.6 Å². The van der Waals surface area contributed by atoms with E-state index >= 15 is 0 Å². The summed E-state index contributed by atoms with van der Waals surface area (Å²) in [7, 11) is 1.56. The second-order valence-electron chi connectivity index (χ2n) is 6.83. The maximum Gasteiger partial charge on any atom is 0.257 e.